The molecule has 0 bridgehead atoms. The first-order chi connectivity index (χ1) is 9.65. The first kappa shape index (κ1) is 12.9. The molecule has 0 saturated carbocycles. The first-order valence-electron chi connectivity index (χ1n) is 7.13. The lowest BCUT2D eigenvalue weighted by Gasteiger charge is -2.11. The molecule has 0 radical (unpaired) electrons. The van der Waals surface area contributed by atoms with Crippen molar-refractivity contribution in [1.82, 2.24) is 9.55 Å². The number of hydrogen-bond donors (Lipinski definition) is 0. The summed E-state index contributed by atoms with van der Waals surface area (Å²) in [6.07, 6.45) is 5.94. The lowest BCUT2D eigenvalue weighted by Crippen LogP contribution is -1.99. The Hall–Kier alpha value is -2.09. The van der Waals surface area contributed by atoms with Crippen LogP contribution in [0.1, 0.15) is 36.5 Å². The van der Waals surface area contributed by atoms with Gasteiger partial charge in [0.15, 0.2) is 0 Å². The summed E-state index contributed by atoms with van der Waals surface area (Å²) in [7, 11) is 0. The molecule has 0 N–H and O–H groups in total. The van der Waals surface area contributed by atoms with E-state index in [4.69, 9.17) is 0 Å². The van der Waals surface area contributed by atoms with Crippen molar-refractivity contribution in [3.63, 3.8) is 0 Å². The fourth-order valence-electron chi connectivity index (χ4n) is 2.77. The standard InChI is InChI=1S/C18H20N2/c1-13(2)17-9-14(3)10-18-16(17)6-8-20(18)12-15-5-4-7-19-11-15/h4-11,13H,12H2,1-3H3. The Morgan fingerprint density at radius 2 is 2.05 bits per heavy atom. The number of aryl methyl sites for hydroxylation is 1. The smallest absolute Gasteiger partial charge is 0.0491 e. The number of pyridine rings is 1. The van der Waals surface area contributed by atoms with E-state index in [2.05, 4.69) is 60.8 Å². The fraction of sp³-hybridized carbons (Fsp3) is 0.278. The molecule has 0 amide bonds. The van der Waals surface area contributed by atoms with E-state index in [9.17, 15) is 0 Å². The molecule has 0 fully saturated rings. The zero-order valence-electron chi connectivity index (χ0n) is 12.3. The van der Waals surface area contributed by atoms with Crippen LogP contribution in [-0.4, -0.2) is 9.55 Å². The number of rotatable bonds is 3. The quantitative estimate of drug-likeness (QED) is 0.680. The molecule has 20 heavy (non-hydrogen) atoms. The molecular formula is C18H20N2. The normalized spacial score (nSPS) is 11.4. The first-order valence-corrected chi connectivity index (χ1v) is 7.13. The van der Waals surface area contributed by atoms with Crippen LogP contribution in [0.2, 0.25) is 0 Å². The molecule has 2 heteroatoms. The number of aromatic nitrogens is 2. The van der Waals surface area contributed by atoms with Crippen LogP contribution < -0.4 is 0 Å². The van der Waals surface area contributed by atoms with Gasteiger partial charge in [0.1, 0.15) is 0 Å². The highest BCUT2D eigenvalue weighted by atomic mass is 15.0. The summed E-state index contributed by atoms with van der Waals surface area (Å²) in [5.74, 6) is 0.548. The molecule has 102 valence electrons. The second-order valence-electron chi connectivity index (χ2n) is 5.75. The van der Waals surface area contributed by atoms with E-state index in [1.165, 1.54) is 27.6 Å². The lowest BCUT2D eigenvalue weighted by atomic mass is 9.97. The van der Waals surface area contributed by atoms with Crippen molar-refractivity contribution < 1.29 is 0 Å². The Labute approximate surface area is 120 Å². The van der Waals surface area contributed by atoms with Crippen LogP contribution in [0.15, 0.2) is 48.9 Å². The minimum Gasteiger partial charge on any atom is -0.343 e. The summed E-state index contributed by atoms with van der Waals surface area (Å²) in [6, 6.07) is 10.9. The Bertz CT molecular complexity index is 724. The van der Waals surface area contributed by atoms with Crippen LogP contribution in [0.3, 0.4) is 0 Å². The Kier molecular flexibility index (Phi) is 3.31. The van der Waals surface area contributed by atoms with Crippen molar-refractivity contribution in [2.45, 2.75) is 33.2 Å². The van der Waals surface area contributed by atoms with Gasteiger partial charge in [-0.25, -0.2) is 0 Å². The summed E-state index contributed by atoms with van der Waals surface area (Å²) < 4.78 is 2.31. The third kappa shape index (κ3) is 2.34. The van der Waals surface area contributed by atoms with Gasteiger partial charge in [0, 0.05) is 36.0 Å². The molecule has 2 nitrogen and oxygen atoms in total. The molecule has 3 rings (SSSR count). The molecule has 2 aromatic heterocycles. The highest BCUT2D eigenvalue weighted by Crippen LogP contribution is 2.28. The van der Waals surface area contributed by atoms with E-state index in [-0.39, 0.29) is 0 Å². The number of benzene rings is 1. The van der Waals surface area contributed by atoms with Crippen LogP contribution in [0, 0.1) is 6.92 Å². The summed E-state index contributed by atoms with van der Waals surface area (Å²) in [4.78, 5) is 4.20. The minimum absolute atomic E-state index is 0.548. The summed E-state index contributed by atoms with van der Waals surface area (Å²) in [6.45, 7) is 7.56. The van der Waals surface area contributed by atoms with Crippen molar-refractivity contribution >= 4 is 10.9 Å². The second-order valence-corrected chi connectivity index (χ2v) is 5.75. The van der Waals surface area contributed by atoms with Gasteiger partial charge in [0.05, 0.1) is 0 Å². The zero-order valence-corrected chi connectivity index (χ0v) is 12.3. The Balaban J connectivity index is 2.09. The monoisotopic (exact) mass is 264 g/mol. The lowest BCUT2D eigenvalue weighted by molar-refractivity contribution is 0.829. The molecule has 0 aliphatic rings. The fourth-order valence-corrected chi connectivity index (χ4v) is 2.77. The van der Waals surface area contributed by atoms with E-state index < -0.39 is 0 Å². The van der Waals surface area contributed by atoms with E-state index in [0.717, 1.165) is 6.54 Å². The Morgan fingerprint density at radius 1 is 1.20 bits per heavy atom. The third-order valence-corrected chi connectivity index (χ3v) is 3.76. The summed E-state index contributed by atoms with van der Waals surface area (Å²) in [5, 5.41) is 1.37. The van der Waals surface area contributed by atoms with Crippen LogP contribution in [-0.2, 0) is 6.54 Å². The van der Waals surface area contributed by atoms with Gasteiger partial charge in [-0.3, -0.25) is 4.98 Å². The van der Waals surface area contributed by atoms with E-state index in [1.54, 1.807) is 0 Å². The van der Waals surface area contributed by atoms with Gasteiger partial charge < -0.3 is 4.57 Å². The summed E-state index contributed by atoms with van der Waals surface area (Å²) >= 11 is 0. The molecule has 0 saturated heterocycles. The maximum Gasteiger partial charge on any atom is 0.0491 e. The molecule has 0 atom stereocenters. The number of hydrogen-bond acceptors (Lipinski definition) is 1. The topological polar surface area (TPSA) is 17.8 Å². The van der Waals surface area contributed by atoms with Crippen molar-refractivity contribution in [3.05, 3.63) is 65.6 Å². The van der Waals surface area contributed by atoms with Crippen LogP contribution in [0.5, 0.6) is 0 Å². The maximum atomic E-state index is 4.20. The molecule has 3 aromatic rings. The molecule has 0 aliphatic carbocycles. The van der Waals surface area contributed by atoms with Crippen LogP contribution in [0.4, 0.5) is 0 Å². The minimum atomic E-state index is 0.548. The highest BCUT2D eigenvalue weighted by molar-refractivity contribution is 5.85. The van der Waals surface area contributed by atoms with Gasteiger partial charge in [-0.1, -0.05) is 26.0 Å². The molecular weight excluding hydrogens is 244 g/mol. The van der Waals surface area contributed by atoms with Gasteiger partial charge in [-0.15, -0.1) is 0 Å². The molecule has 0 aliphatic heterocycles. The number of nitrogens with zero attached hydrogens (tertiary/aromatic N) is 2. The van der Waals surface area contributed by atoms with Gasteiger partial charge in [0.25, 0.3) is 0 Å². The molecule has 0 unspecified atom stereocenters. The number of fused-ring (bicyclic) bond motifs is 1. The molecule has 0 spiro atoms. The van der Waals surface area contributed by atoms with E-state index >= 15 is 0 Å². The van der Waals surface area contributed by atoms with Crippen LogP contribution >= 0.6 is 0 Å². The maximum absolute atomic E-state index is 4.20. The average Bonchev–Trinajstić information content (AvgIpc) is 2.82. The van der Waals surface area contributed by atoms with E-state index in [0.29, 0.717) is 5.92 Å². The zero-order chi connectivity index (χ0) is 14.1. The third-order valence-electron chi connectivity index (χ3n) is 3.76. The predicted octanol–water partition coefficient (Wildman–Crippen LogP) is 4.52. The van der Waals surface area contributed by atoms with Gasteiger partial charge in [-0.2, -0.15) is 0 Å². The molecule has 2 heterocycles. The van der Waals surface area contributed by atoms with Crippen molar-refractivity contribution in [1.29, 1.82) is 0 Å². The summed E-state index contributed by atoms with van der Waals surface area (Å²) in [5.41, 5.74) is 5.31. The Morgan fingerprint density at radius 3 is 2.75 bits per heavy atom. The highest BCUT2D eigenvalue weighted by Gasteiger charge is 2.10. The van der Waals surface area contributed by atoms with Crippen LogP contribution in [0.25, 0.3) is 10.9 Å². The van der Waals surface area contributed by atoms with Gasteiger partial charge >= 0.3 is 0 Å². The largest absolute Gasteiger partial charge is 0.343 e. The van der Waals surface area contributed by atoms with Crippen molar-refractivity contribution in [3.8, 4) is 0 Å². The predicted molar refractivity (Wildman–Crippen MR) is 84.1 cm³/mol. The average molecular weight is 264 g/mol. The SMILES string of the molecule is Cc1cc(C(C)C)c2ccn(Cc3cccnc3)c2c1. The second kappa shape index (κ2) is 5.12. The molecule has 1 aromatic carbocycles. The van der Waals surface area contributed by atoms with Gasteiger partial charge in [-0.05, 0) is 47.7 Å². The van der Waals surface area contributed by atoms with Gasteiger partial charge in [0.2, 0.25) is 0 Å². The van der Waals surface area contributed by atoms with E-state index in [1.807, 2.05) is 18.5 Å². The van der Waals surface area contributed by atoms with Crippen molar-refractivity contribution in [2.24, 2.45) is 0 Å². The van der Waals surface area contributed by atoms with Crippen molar-refractivity contribution in [2.75, 3.05) is 0 Å².